The topological polar surface area (TPSA) is 104 Å². The maximum absolute atomic E-state index is 9.28. The molecular formula is C12H20N4O2. The van der Waals surface area contributed by atoms with Crippen LogP contribution in [0.1, 0.15) is 31.5 Å². The smallest absolute Gasteiger partial charge is 0.189 e. The number of aliphatic hydroxyl groups excluding tert-OH is 1. The zero-order chi connectivity index (χ0) is 13.5. The highest BCUT2D eigenvalue weighted by Crippen LogP contribution is 2.06. The molecular weight excluding hydrogens is 232 g/mol. The SMILES string of the molecule is CC(O)CC(C)NCc1cccnc1/C(N)=N/O. The van der Waals surface area contributed by atoms with Crippen LogP contribution < -0.4 is 11.1 Å². The molecule has 0 aliphatic rings. The van der Waals surface area contributed by atoms with Gasteiger partial charge in [0.25, 0.3) is 0 Å². The molecule has 6 nitrogen and oxygen atoms in total. The number of hydrogen-bond donors (Lipinski definition) is 4. The minimum Gasteiger partial charge on any atom is -0.409 e. The second-order valence-electron chi connectivity index (χ2n) is 4.36. The molecule has 0 saturated carbocycles. The molecule has 1 aromatic heterocycles. The van der Waals surface area contributed by atoms with Crippen molar-refractivity contribution in [2.24, 2.45) is 10.9 Å². The van der Waals surface area contributed by atoms with E-state index in [1.165, 1.54) is 0 Å². The Morgan fingerprint density at radius 1 is 1.56 bits per heavy atom. The summed E-state index contributed by atoms with van der Waals surface area (Å²) in [7, 11) is 0. The highest BCUT2D eigenvalue weighted by molar-refractivity contribution is 5.96. The van der Waals surface area contributed by atoms with E-state index < -0.39 is 0 Å². The fourth-order valence-electron chi connectivity index (χ4n) is 1.74. The molecule has 0 amide bonds. The van der Waals surface area contributed by atoms with E-state index in [1.807, 2.05) is 13.0 Å². The second-order valence-corrected chi connectivity index (χ2v) is 4.36. The molecule has 0 radical (unpaired) electrons. The van der Waals surface area contributed by atoms with Crippen molar-refractivity contribution in [2.45, 2.75) is 39.0 Å². The summed E-state index contributed by atoms with van der Waals surface area (Å²) >= 11 is 0. The molecule has 0 bridgehead atoms. The molecule has 0 fully saturated rings. The van der Waals surface area contributed by atoms with E-state index in [0.717, 1.165) is 5.56 Å². The summed E-state index contributed by atoms with van der Waals surface area (Å²) in [6, 6.07) is 3.83. The third kappa shape index (κ3) is 4.31. The van der Waals surface area contributed by atoms with Gasteiger partial charge >= 0.3 is 0 Å². The van der Waals surface area contributed by atoms with E-state index in [0.29, 0.717) is 18.7 Å². The summed E-state index contributed by atoms with van der Waals surface area (Å²) in [5.41, 5.74) is 6.87. The van der Waals surface area contributed by atoms with E-state index in [9.17, 15) is 5.11 Å². The molecule has 2 unspecified atom stereocenters. The first kappa shape index (κ1) is 14.4. The summed E-state index contributed by atoms with van der Waals surface area (Å²) in [5, 5.41) is 24.2. The summed E-state index contributed by atoms with van der Waals surface area (Å²) < 4.78 is 0. The number of rotatable bonds is 6. The number of nitrogens with zero attached hydrogens (tertiary/aromatic N) is 2. The maximum Gasteiger partial charge on any atom is 0.189 e. The van der Waals surface area contributed by atoms with E-state index in [1.54, 1.807) is 19.2 Å². The van der Waals surface area contributed by atoms with Gasteiger partial charge in [0, 0.05) is 18.8 Å². The number of amidine groups is 1. The number of nitrogens with two attached hydrogens (primary N) is 1. The van der Waals surface area contributed by atoms with Crippen LogP contribution in [0, 0.1) is 0 Å². The standard InChI is InChI=1S/C12H20N4O2/c1-8(6-9(2)17)15-7-10-4-3-5-14-11(10)12(13)16-18/h3-5,8-9,15,17-18H,6-7H2,1-2H3,(H2,13,16). The van der Waals surface area contributed by atoms with Crippen LogP contribution in [0.25, 0.3) is 0 Å². The molecule has 0 aliphatic carbocycles. The van der Waals surface area contributed by atoms with Gasteiger partial charge in [0.2, 0.25) is 0 Å². The molecule has 6 heteroatoms. The highest BCUT2D eigenvalue weighted by Gasteiger charge is 2.10. The van der Waals surface area contributed by atoms with Gasteiger partial charge in [0.15, 0.2) is 5.84 Å². The van der Waals surface area contributed by atoms with Crippen LogP contribution >= 0.6 is 0 Å². The van der Waals surface area contributed by atoms with Gasteiger partial charge in [-0.1, -0.05) is 11.2 Å². The molecule has 0 aliphatic heterocycles. The van der Waals surface area contributed by atoms with Crippen molar-refractivity contribution in [1.82, 2.24) is 10.3 Å². The van der Waals surface area contributed by atoms with Crippen molar-refractivity contribution >= 4 is 5.84 Å². The third-order valence-corrected chi connectivity index (χ3v) is 2.58. The lowest BCUT2D eigenvalue weighted by atomic mass is 10.1. The molecule has 0 spiro atoms. The Morgan fingerprint density at radius 2 is 2.28 bits per heavy atom. The first-order chi connectivity index (χ1) is 8.54. The van der Waals surface area contributed by atoms with Gasteiger partial charge in [-0.2, -0.15) is 0 Å². The number of aromatic nitrogens is 1. The number of oxime groups is 1. The second kappa shape index (κ2) is 6.93. The molecule has 0 saturated heterocycles. The maximum atomic E-state index is 9.28. The number of aliphatic hydroxyl groups is 1. The van der Waals surface area contributed by atoms with Crippen LogP contribution in [0.3, 0.4) is 0 Å². The Hall–Kier alpha value is -1.66. The lowest BCUT2D eigenvalue weighted by molar-refractivity contribution is 0.170. The lowest BCUT2D eigenvalue weighted by Crippen LogP contribution is -2.30. The van der Waals surface area contributed by atoms with Gasteiger partial charge < -0.3 is 21.4 Å². The highest BCUT2D eigenvalue weighted by atomic mass is 16.4. The number of nitrogens with one attached hydrogen (secondary N) is 1. The van der Waals surface area contributed by atoms with Crippen LogP contribution in [0.4, 0.5) is 0 Å². The van der Waals surface area contributed by atoms with Gasteiger partial charge in [-0.05, 0) is 31.9 Å². The van der Waals surface area contributed by atoms with Crippen LogP contribution in [-0.2, 0) is 6.54 Å². The van der Waals surface area contributed by atoms with E-state index in [2.05, 4.69) is 15.5 Å². The summed E-state index contributed by atoms with van der Waals surface area (Å²) in [4.78, 5) is 4.08. The Bertz CT molecular complexity index is 407. The first-order valence-corrected chi connectivity index (χ1v) is 5.87. The predicted octanol–water partition coefficient (Wildman–Crippen LogP) is 0.425. The molecule has 1 aromatic rings. The van der Waals surface area contributed by atoms with Gasteiger partial charge in [-0.3, -0.25) is 4.98 Å². The largest absolute Gasteiger partial charge is 0.409 e. The van der Waals surface area contributed by atoms with Gasteiger partial charge in [-0.25, -0.2) is 0 Å². The quantitative estimate of drug-likeness (QED) is 0.254. The average molecular weight is 252 g/mol. The zero-order valence-electron chi connectivity index (χ0n) is 10.7. The van der Waals surface area contributed by atoms with Crippen LogP contribution in [-0.4, -0.2) is 33.3 Å². The molecule has 1 heterocycles. The van der Waals surface area contributed by atoms with E-state index in [-0.39, 0.29) is 18.0 Å². The van der Waals surface area contributed by atoms with Crippen LogP contribution in [0.2, 0.25) is 0 Å². The van der Waals surface area contributed by atoms with Gasteiger partial charge in [-0.15, -0.1) is 0 Å². The van der Waals surface area contributed by atoms with Crippen molar-refractivity contribution < 1.29 is 10.3 Å². The van der Waals surface area contributed by atoms with Crippen molar-refractivity contribution in [2.75, 3.05) is 0 Å². The Morgan fingerprint density at radius 3 is 2.89 bits per heavy atom. The summed E-state index contributed by atoms with van der Waals surface area (Å²) in [6.45, 7) is 4.30. The number of pyridine rings is 1. The van der Waals surface area contributed by atoms with Crippen molar-refractivity contribution in [3.63, 3.8) is 0 Å². The molecule has 2 atom stereocenters. The Labute approximate surface area is 107 Å². The third-order valence-electron chi connectivity index (χ3n) is 2.58. The fourth-order valence-corrected chi connectivity index (χ4v) is 1.74. The number of hydrogen-bond acceptors (Lipinski definition) is 5. The summed E-state index contributed by atoms with van der Waals surface area (Å²) in [5.74, 6) is -0.00409. The van der Waals surface area contributed by atoms with Crippen molar-refractivity contribution in [3.05, 3.63) is 29.6 Å². The summed E-state index contributed by atoms with van der Waals surface area (Å²) in [6.07, 6.45) is 1.92. The first-order valence-electron chi connectivity index (χ1n) is 5.87. The molecule has 1 rings (SSSR count). The van der Waals surface area contributed by atoms with Crippen molar-refractivity contribution in [3.8, 4) is 0 Å². The molecule has 5 N–H and O–H groups in total. The Balaban J connectivity index is 2.67. The van der Waals surface area contributed by atoms with Crippen LogP contribution in [0.15, 0.2) is 23.5 Å². The minimum absolute atomic E-state index is 0.00409. The van der Waals surface area contributed by atoms with Crippen LogP contribution in [0.5, 0.6) is 0 Å². The zero-order valence-corrected chi connectivity index (χ0v) is 10.7. The monoisotopic (exact) mass is 252 g/mol. The fraction of sp³-hybridized carbons (Fsp3) is 0.500. The van der Waals surface area contributed by atoms with Gasteiger partial charge in [0.1, 0.15) is 5.69 Å². The van der Waals surface area contributed by atoms with Crippen molar-refractivity contribution in [1.29, 1.82) is 0 Å². The van der Waals surface area contributed by atoms with E-state index in [4.69, 9.17) is 10.9 Å². The van der Waals surface area contributed by atoms with Gasteiger partial charge in [0.05, 0.1) is 6.10 Å². The normalized spacial score (nSPS) is 15.4. The lowest BCUT2D eigenvalue weighted by Gasteiger charge is -2.16. The predicted molar refractivity (Wildman–Crippen MR) is 69.3 cm³/mol. The molecule has 100 valence electrons. The van der Waals surface area contributed by atoms with E-state index >= 15 is 0 Å². The molecule has 18 heavy (non-hydrogen) atoms. The molecule has 0 aromatic carbocycles. The Kier molecular flexibility index (Phi) is 5.54. The average Bonchev–Trinajstić information content (AvgIpc) is 2.35. The minimum atomic E-state index is -0.343.